The number of nitrogens with zero attached hydrogens (tertiary/aromatic N) is 1. The lowest BCUT2D eigenvalue weighted by Gasteiger charge is -1.99. The number of anilines is 1. The number of fused-ring (bicyclic) bond motifs is 1. The molecule has 2 aromatic rings. The molecule has 0 aliphatic heterocycles. The number of hydrogen-bond donors (Lipinski definition) is 1. The van der Waals surface area contributed by atoms with Crippen LogP contribution in [0.15, 0.2) is 27.8 Å². The molecule has 0 saturated carbocycles. The van der Waals surface area contributed by atoms with Gasteiger partial charge in [0.05, 0.1) is 0 Å². The van der Waals surface area contributed by atoms with Gasteiger partial charge in [0.2, 0.25) is 0 Å². The van der Waals surface area contributed by atoms with E-state index in [1.165, 1.54) is 44.9 Å². The third kappa shape index (κ3) is 4.75. The first kappa shape index (κ1) is 15.2. The number of nitrogen functional groups attached to an aromatic ring is 1. The number of thioether (sulfide) groups is 1. The number of rotatable bonds is 9. The number of hydrogen-bond acceptors (Lipinski definition) is 4. The topological polar surface area (TPSA) is 52.0 Å². The largest absolute Gasteiger partial charge is 0.431 e. The van der Waals surface area contributed by atoms with Crippen molar-refractivity contribution in [2.75, 3.05) is 11.5 Å². The average molecular weight is 292 g/mol. The molecule has 2 rings (SSSR count). The van der Waals surface area contributed by atoms with Gasteiger partial charge in [-0.1, -0.05) is 57.2 Å². The third-order valence-electron chi connectivity index (χ3n) is 3.37. The number of unbranched alkanes of at least 4 members (excludes halogenated alkanes) is 6. The van der Waals surface area contributed by atoms with E-state index in [9.17, 15) is 0 Å². The fourth-order valence-corrected chi connectivity index (χ4v) is 3.04. The smallest absolute Gasteiger partial charge is 0.256 e. The van der Waals surface area contributed by atoms with Gasteiger partial charge in [0.25, 0.3) is 5.22 Å². The van der Waals surface area contributed by atoms with E-state index >= 15 is 0 Å². The van der Waals surface area contributed by atoms with Gasteiger partial charge in [0, 0.05) is 17.5 Å². The summed E-state index contributed by atoms with van der Waals surface area (Å²) in [6.45, 7) is 2.25. The number of nitrogens with two attached hydrogens (primary N) is 1. The molecule has 1 aromatic carbocycles. The van der Waals surface area contributed by atoms with E-state index in [4.69, 9.17) is 10.2 Å². The van der Waals surface area contributed by atoms with Crippen LogP contribution >= 0.6 is 11.8 Å². The van der Waals surface area contributed by atoms with Crippen LogP contribution in [0.2, 0.25) is 0 Å². The molecular formula is C16H24N2OS. The molecule has 0 spiro atoms. The van der Waals surface area contributed by atoms with Crippen LogP contribution in [0, 0.1) is 0 Å². The van der Waals surface area contributed by atoms with Crippen molar-refractivity contribution in [2.24, 2.45) is 0 Å². The second-order valence-electron chi connectivity index (χ2n) is 5.18. The van der Waals surface area contributed by atoms with Gasteiger partial charge in [-0.2, -0.15) is 0 Å². The van der Waals surface area contributed by atoms with Crippen LogP contribution in [0.1, 0.15) is 51.9 Å². The van der Waals surface area contributed by atoms with Crippen molar-refractivity contribution >= 4 is 28.5 Å². The van der Waals surface area contributed by atoms with E-state index in [0.29, 0.717) is 0 Å². The Morgan fingerprint density at radius 3 is 2.65 bits per heavy atom. The van der Waals surface area contributed by atoms with Crippen molar-refractivity contribution in [3.63, 3.8) is 0 Å². The lowest BCUT2D eigenvalue weighted by molar-refractivity contribution is 0.489. The lowest BCUT2D eigenvalue weighted by atomic mass is 10.1. The number of oxazole rings is 1. The van der Waals surface area contributed by atoms with Crippen molar-refractivity contribution < 1.29 is 4.42 Å². The van der Waals surface area contributed by atoms with Crippen molar-refractivity contribution in [3.05, 3.63) is 18.2 Å². The second-order valence-corrected chi connectivity index (χ2v) is 6.22. The van der Waals surface area contributed by atoms with Gasteiger partial charge in [-0.05, 0) is 18.6 Å². The molecule has 20 heavy (non-hydrogen) atoms. The van der Waals surface area contributed by atoms with Crippen LogP contribution in [0.5, 0.6) is 0 Å². The third-order valence-corrected chi connectivity index (χ3v) is 4.28. The van der Waals surface area contributed by atoms with Crippen molar-refractivity contribution in [1.29, 1.82) is 0 Å². The van der Waals surface area contributed by atoms with Crippen LogP contribution in [0.4, 0.5) is 5.69 Å². The maximum Gasteiger partial charge on any atom is 0.256 e. The summed E-state index contributed by atoms with van der Waals surface area (Å²) in [6.07, 6.45) is 9.35. The minimum absolute atomic E-state index is 0.720. The fourth-order valence-electron chi connectivity index (χ4n) is 2.20. The first-order chi connectivity index (χ1) is 9.79. The van der Waals surface area contributed by atoms with E-state index in [1.54, 1.807) is 11.8 Å². The molecule has 0 radical (unpaired) electrons. The van der Waals surface area contributed by atoms with Gasteiger partial charge >= 0.3 is 0 Å². The highest BCUT2D eigenvalue weighted by molar-refractivity contribution is 7.99. The molecule has 0 aliphatic rings. The molecule has 0 atom stereocenters. The summed E-state index contributed by atoms with van der Waals surface area (Å²) in [4.78, 5) is 4.45. The summed E-state index contributed by atoms with van der Waals surface area (Å²) in [7, 11) is 0. The van der Waals surface area contributed by atoms with Crippen LogP contribution in [-0.4, -0.2) is 10.7 Å². The van der Waals surface area contributed by atoms with Crippen LogP contribution in [0.25, 0.3) is 11.1 Å². The van der Waals surface area contributed by atoms with E-state index in [1.807, 2.05) is 18.2 Å². The predicted octanol–water partition coefficient (Wildman–Crippen LogP) is 5.25. The first-order valence-electron chi connectivity index (χ1n) is 7.58. The Kier molecular flexibility index (Phi) is 6.25. The second kappa shape index (κ2) is 8.20. The molecule has 0 unspecified atom stereocenters. The van der Waals surface area contributed by atoms with E-state index in [2.05, 4.69) is 11.9 Å². The van der Waals surface area contributed by atoms with E-state index in [0.717, 1.165) is 27.8 Å². The quantitative estimate of drug-likeness (QED) is 0.389. The Labute approximate surface area is 125 Å². The molecule has 0 saturated heterocycles. The molecule has 2 N–H and O–H groups in total. The maximum absolute atomic E-state index is 5.73. The number of benzene rings is 1. The van der Waals surface area contributed by atoms with Gasteiger partial charge < -0.3 is 10.2 Å². The molecule has 0 fully saturated rings. The van der Waals surface area contributed by atoms with Gasteiger partial charge in [-0.15, -0.1) is 0 Å². The van der Waals surface area contributed by atoms with Crippen LogP contribution in [-0.2, 0) is 0 Å². The highest BCUT2D eigenvalue weighted by atomic mass is 32.2. The molecule has 0 bridgehead atoms. The Morgan fingerprint density at radius 1 is 1.10 bits per heavy atom. The summed E-state index contributed by atoms with van der Waals surface area (Å²) in [5.41, 5.74) is 8.12. The normalized spacial score (nSPS) is 11.2. The first-order valence-corrected chi connectivity index (χ1v) is 8.57. The summed E-state index contributed by atoms with van der Waals surface area (Å²) in [5.74, 6) is 1.08. The minimum Gasteiger partial charge on any atom is -0.431 e. The SMILES string of the molecule is CCCCCCCCCSc1nc2ccc(N)cc2o1. The minimum atomic E-state index is 0.720. The Morgan fingerprint density at radius 2 is 1.85 bits per heavy atom. The van der Waals surface area contributed by atoms with Crippen molar-refractivity contribution in [3.8, 4) is 0 Å². The molecule has 0 amide bonds. The predicted molar refractivity (Wildman–Crippen MR) is 87.1 cm³/mol. The Bertz CT molecular complexity index is 524. The summed E-state index contributed by atoms with van der Waals surface area (Å²) in [5, 5.41) is 0.761. The summed E-state index contributed by atoms with van der Waals surface area (Å²) in [6, 6.07) is 5.60. The molecule has 1 aromatic heterocycles. The zero-order chi connectivity index (χ0) is 14.2. The summed E-state index contributed by atoms with van der Waals surface area (Å²) >= 11 is 1.70. The highest BCUT2D eigenvalue weighted by Crippen LogP contribution is 2.25. The molecule has 0 aliphatic carbocycles. The van der Waals surface area contributed by atoms with Crippen LogP contribution in [0.3, 0.4) is 0 Å². The zero-order valence-electron chi connectivity index (χ0n) is 12.2. The molecule has 110 valence electrons. The molecule has 1 heterocycles. The molecule has 4 heteroatoms. The fraction of sp³-hybridized carbons (Fsp3) is 0.562. The Hall–Kier alpha value is -1.16. The molecule has 3 nitrogen and oxygen atoms in total. The zero-order valence-corrected chi connectivity index (χ0v) is 13.0. The van der Waals surface area contributed by atoms with Crippen molar-refractivity contribution in [1.82, 2.24) is 4.98 Å². The van der Waals surface area contributed by atoms with Gasteiger partial charge in [-0.3, -0.25) is 0 Å². The molecular weight excluding hydrogens is 268 g/mol. The number of aromatic nitrogens is 1. The maximum atomic E-state index is 5.73. The summed E-state index contributed by atoms with van der Waals surface area (Å²) < 4.78 is 5.68. The monoisotopic (exact) mass is 292 g/mol. The standard InChI is InChI=1S/C16H24N2OS/c1-2-3-4-5-6-7-8-11-20-16-18-14-10-9-13(17)12-15(14)19-16/h9-10,12H,2-8,11,17H2,1H3. The van der Waals surface area contributed by atoms with E-state index in [-0.39, 0.29) is 0 Å². The highest BCUT2D eigenvalue weighted by Gasteiger charge is 2.06. The van der Waals surface area contributed by atoms with Crippen molar-refractivity contribution in [2.45, 2.75) is 57.1 Å². The lowest BCUT2D eigenvalue weighted by Crippen LogP contribution is -1.83. The van der Waals surface area contributed by atoms with Crippen LogP contribution < -0.4 is 5.73 Å². The average Bonchev–Trinajstić information content (AvgIpc) is 2.83. The van der Waals surface area contributed by atoms with Gasteiger partial charge in [0.15, 0.2) is 5.58 Å². The Balaban J connectivity index is 1.65. The van der Waals surface area contributed by atoms with Gasteiger partial charge in [0.1, 0.15) is 5.52 Å². The van der Waals surface area contributed by atoms with Gasteiger partial charge in [-0.25, -0.2) is 4.98 Å². The van der Waals surface area contributed by atoms with E-state index < -0.39 is 0 Å².